The molecule has 0 amide bonds. The zero-order valence-corrected chi connectivity index (χ0v) is 9.11. The van der Waals surface area contributed by atoms with Gasteiger partial charge in [0, 0.05) is 30.5 Å². The molecule has 15 heavy (non-hydrogen) atoms. The fourth-order valence-corrected chi connectivity index (χ4v) is 2.03. The zero-order valence-electron chi connectivity index (χ0n) is 9.11. The van der Waals surface area contributed by atoms with Gasteiger partial charge < -0.3 is 16.0 Å². The second-order valence-electron chi connectivity index (χ2n) is 4.13. The molecule has 0 aliphatic carbocycles. The van der Waals surface area contributed by atoms with Crippen molar-refractivity contribution < 1.29 is 0 Å². The average Bonchev–Trinajstić information content (AvgIpc) is 2.61. The summed E-state index contributed by atoms with van der Waals surface area (Å²) in [4.78, 5) is 6.36. The van der Waals surface area contributed by atoms with Crippen LogP contribution in [0.15, 0.2) is 18.3 Å². The first-order valence-electron chi connectivity index (χ1n) is 5.41. The Labute approximate surface area is 90.5 Å². The maximum absolute atomic E-state index is 5.61. The number of likely N-dealkylation sites (N-methyl/N-ethyl adjacent to an activating group) is 1. The van der Waals surface area contributed by atoms with Gasteiger partial charge in [-0.15, -0.1) is 0 Å². The number of nitrogens with zero attached hydrogens (tertiary/aromatic N) is 2. The first kappa shape index (κ1) is 10.2. The fourth-order valence-electron chi connectivity index (χ4n) is 2.03. The molecule has 3 N–H and O–H groups in total. The lowest BCUT2D eigenvalue weighted by Gasteiger charge is -2.20. The smallest absolute Gasteiger partial charge is 0.125 e. The maximum atomic E-state index is 5.61. The number of likely N-dealkylation sites (tertiary alicyclic amines) is 1. The van der Waals surface area contributed by atoms with Gasteiger partial charge in [-0.1, -0.05) is 0 Å². The Morgan fingerprint density at radius 2 is 2.53 bits per heavy atom. The van der Waals surface area contributed by atoms with E-state index in [1.807, 2.05) is 12.1 Å². The van der Waals surface area contributed by atoms with E-state index in [2.05, 4.69) is 22.2 Å². The highest BCUT2D eigenvalue weighted by molar-refractivity contribution is 5.49. The van der Waals surface area contributed by atoms with Crippen molar-refractivity contribution in [2.45, 2.75) is 18.9 Å². The molecule has 1 aliphatic heterocycles. The Bertz CT molecular complexity index is 326. The molecule has 1 fully saturated rings. The van der Waals surface area contributed by atoms with Crippen molar-refractivity contribution in [2.75, 3.05) is 31.2 Å². The van der Waals surface area contributed by atoms with Crippen LogP contribution in [0.4, 0.5) is 11.5 Å². The minimum Gasteiger partial charge on any atom is -0.384 e. The van der Waals surface area contributed by atoms with Crippen LogP contribution in [0, 0.1) is 0 Å². The first-order chi connectivity index (χ1) is 7.25. The van der Waals surface area contributed by atoms with Crippen molar-refractivity contribution in [1.82, 2.24) is 9.88 Å². The molecule has 0 aromatic carbocycles. The molecule has 4 heteroatoms. The van der Waals surface area contributed by atoms with Crippen LogP contribution in [0.3, 0.4) is 0 Å². The number of hydrogen-bond acceptors (Lipinski definition) is 4. The van der Waals surface area contributed by atoms with E-state index in [9.17, 15) is 0 Å². The Morgan fingerprint density at radius 3 is 3.20 bits per heavy atom. The molecule has 2 rings (SSSR count). The van der Waals surface area contributed by atoms with Crippen LogP contribution in [0.5, 0.6) is 0 Å². The summed E-state index contributed by atoms with van der Waals surface area (Å²) < 4.78 is 0. The highest BCUT2D eigenvalue weighted by atomic mass is 15.2. The van der Waals surface area contributed by atoms with Crippen LogP contribution in [-0.4, -0.2) is 36.1 Å². The van der Waals surface area contributed by atoms with Gasteiger partial charge in [0.2, 0.25) is 0 Å². The first-order valence-corrected chi connectivity index (χ1v) is 5.41. The number of nitrogens with two attached hydrogens (primary N) is 1. The molecular formula is C11H18N4. The second kappa shape index (κ2) is 4.49. The quantitative estimate of drug-likeness (QED) is 0.779. The molecule has 4 nitrogen and oxygen atoms in total. The Hall–Kier alpha value is -1.29. The molecule has 2 heterocycles. The summed E-state index contributed by atoms with van der Waals surface area (Å²) in [5.41, 5.74) is 6.67. The Balaban J connectivity index is 1.87. The van der Waals surface area contributed by atoms with E-state index in [4.69, 9.17) is 5.73 Å². The van der Waals surface area contributed by atoms with Crippen molar-refractivity contribution in [2.24, 2.45) is 0 Å². The highest BCUT2D eigenvalue weighted by Gasteiger charge is 2.19. The third-order valence-electron chi connectivity index (χ3n) is 2.99. The summed E-state index contributed by atoms with van der Waals surface area (Å²) in [5, 5.41) is 3.40. The standard InChI is InChI=1S/C11H18N4/c1-15-6-2-3-10(15)8-14-9-4-5-13-11(12)7-9/h4-5,7,10H,2-3,6,8H2,1H3,(H3,12,13,14). The number of anilines is 2. The fraction of sp³-hybridized carbons (Fsp3) is 0.545. The molecule has 0 saturated carbocycles. The second-order valence-corrected chi connectivity index (χ2v) is 4.13. The maximum Gasteiger partial charge on any atom is 0.125 e. The van der Waals surface area contributed by atoms with Crippen molar-refractivity contribution in [3.05, 3.63) is 18.3 Å². The van der Waals surface area contributed by atoms with Gasteiger partial charge in [-0.25, -0.2) is 4.98 Å². The van der Waals surface area contributed by atoms with Crippen LogP contribution in [0.1, 0.15) is 12.8 Å². The molecule has 1 aromatic rings. The highest BCUT2D eigenvalue weighted by Crippen LogP contribution is 2.16. The lowest BCUT2D eigenvalue weighted by atomic mass is 10.2. The van der Waals surface area contributed by atoms with Crippen molar-refractivity contribution in [3.63, 3.8) is 0 Å². The zero-order chi connectivity index (χ0) is 10.7. The monoisotopic (exact) mass is 206 g/mol. The van der Waals surface area contributed by atoms with E-state index in [0.29, 0.717) is 11.9 Å². The predicted octanol–water partition coefficient (Wildman–Crippen LogP) is 1.17. The van der Waals surface area contributed by atoms with E-state index in [1.54, 1.807) is 6.20 Å². The summed E-state index contributed by atoms with van der Waals surface area (Å²) in [7, 11) is 2.18. The summed E-state index contributed by atoms with van der Waals surface area (Å²) >= 11 is 0. The van der Waals surface area contributed by atoms with Gasteiger partial charge in [0.1, 0.15) is 5.82 Å². The number of rotatable bonds is 3. The van der Waals surface area contributed by atoms with Gasteiger partial charge in [0.05, 0.1) is 0 Å². The van der Waals surface area contributed by atoms with E-state index in [0.717, 1.165) is 12.2 Å². The molecular weight excluding hydrogens is 188 g/mol. The number of pyridine rings is 1. The Kier molecular flexibility index (Phi) is 3.06. The lowest BCUT2D eigenvalue weighted by molar-refractivity contribution is 0.322. The molecule has 0 spiro atoms. The summed E-state index contributed by atoms with van der Waals surface area (Å²) in [6.07, 6.45) is 4.32. The topological polar surface area (TPSA) is 54.2 Å². The van der Waals surface area contributed by atoms with Crippen LogP contribution in [0.2, 0.25) is 0 Å². The van der Waals surface area contributed by atoms with Gasteiger partial charge in [0.15, 0.2) is 0 Å². The number of aromatic nitrogens is 1. The summed E-state index contributed by atoms with van der Waals surface area (Å²) in [5.74, 6) is 0.569. The van der Waals surface area contributed by atoms with Gasteiger partial charge >= 0.3 is 0 Å². The predicted molar refractivity (Wildman–Crippen MR) is 62.8 cm³/mol. The van der Waals surface area contributed by atoms with E-state index >= 15 is 0 Å². The number of nitrogen functional groups attached to an aromatic ring is 1. The van der Waals surface area contributed by atoms with E-state index in [1.165, 1.54) is 19.4 Å². The molecule has 1 aromatic heterocycles. The van der Waals surface area contributed by atoms with Crippen molar-refractivity contribution in [1.29, 1.82) is 0 Å². The minimum absolute atomic E-state index is 0.569. The van der Waals surface area contributed by atoms with E-state index in [-0.39, 0.29) is 0 Å². The third kappa shape index (κ3) is 2.59. The number of nitrogens with one attached hydrogen (secondary N) is 1. The third-order valence-corrected chi connectivity index (χ3v) is 2.99. The van der Waals surface area contributed by atoms with Gasteiger partial charge in [-0.05, 0) is 32.5 Å². The minimum atomic E-state index is 0.569. The van der Waals surface area contributed by atoms with E-state index < -0.39 is 0 Å². The molecule has 1 unspecified atom stereocenters. The van der Waals surface area contributed by atoms with Gasteiger partial charge in [-0.3, -0.25) is 0 Å². The molecule has 1 aliphatic rings. The van der Waals surface area contributed by atoms with Crippen LogP contribution in [-0.2, 0) is 0 Å². The molecule has 1 atom stereocenters. The molecule has 1 saturated heterocycles. The largest absolute Gasteiger partial charge is 0.384 e. The number of hydrogen-bond donors (Lipinski definition) is 2. The van der Waals surface area contributed by atoms with Gasteiger partial charge in [0.25, 0.3) is 0 Å². The molecule has 82 valence electrons. The van der Waals surface area contributed by atoms with Crippen molar-refractivity contribution >= 4 is 11.5 Å². The summed E-state index contributed by atoms with van der Waals surface area (Å²) in [6, 6.07) is 4.47. The van der Waals surface area contributed by atoms with Crippen LogP contribution < -0.4 is 11.1 Å². The average molecular weight is 206 g/mol. The molecule has 0 bridgehead atoms. The Morgan fingerprint density at radius 1 is 1.67 bits per heavy atom. The van der Waals surface area contributed by atoms with Crippen molar-refractivity contribution in [3.8, 4) is 0 Å². The van der Waals surface area contributed by atoms with Crippen LogP contribution >= 0.6 is 0 Å². The molecule has 0 radical (unpaired) electrons. The summed E-state index contributed by atoms with van der Waals surface area (Å²) in [6.45, 7) is 2.20. The normalized spacial score (nSPS) is 21.8. The SMILES string of the molecule is CN1CCCC1CNc1ccnc(N)c1. The van der Waals surface area contributed by atoms with Crippen LogP contribution in [0.25, 0.3) is 0 Å². The van der Waals surface area contributed by atoms with Gasteiger partial charge in [-0.2, -0.15) is 0 Å². The lowest BCUT2D eigenvalue weighted by Crippen LogP contribution is -2.31.